The van der Waals surface area contributed by atoms with E-state index in [4.69, 9.17) is 4.98 Å². The van der Waals surface area contributed by atoms with Gasteiger partial charge in [0.25, 0.3) is 5.91 Å². The lowest BCUT2D eigenvalue weighted by Gasteiger charge is -2.11. The van der Waals surface area contributed by atoms with E-state index in [9.17, 15) is 9.59 Å². The Hall–Kier alpha value is -2.74. The topological polar surface area (TPSA) is 86.1 Å². The van der Waals surface area contributed by atoms with Crippen LogP contribution in [-0.2, 0) is 9.53 Å². The van der Waals surface area contributed by atoms with Crippen LogP contribution in [0.1, 0.15) is 65.7 Å². The second-order valence-corrected chi connectivity index (χ2v) is 9.41. The molecule has 0 aliphatic carbocycles. The van der Waals surface area contributed by atoms with Gasteiger partial charge in [0.15, 0.2) is 5.65 Å². The minimum Gasteiger partial charge on any atom is -0.469 e. The van der Waals surface area contributed by atoms with Crippen molar-refractivity contribution in [1.82, 2.24) is 20.1 Å². The SMILES string of the molecule is COC(=O)CCCCCNC(=O)c1cc(-c2cc(C)sc2C)nc2c1cnn2C(C)C. The average Bonchev–Trinajstić information content (AvgIpc) is 3.31. The Morgan fingerprint density at radius 2 is 1.97 bits per heavy atom. The molecule has 0 atom stereocenters. The van der Waals surface area contributed by atoms with Gasteiger partial charge in [0, 0.05) is 34.3 Å². The second-order valence-electron chi connectivity index (χ2n) is 7.94. The Labute approximate surface area is 186 Å². The van der Waals surface area contributed by atoms with Crippen LogP contribution >= 0.6 is 11.3 Å². The molecule has 0 spiro atoms. The summed E-state index contributed by atoms with van der Waals surface area (Å²) < 4.78 is 6.51. The monoisotopic (exact) mass is 442 g/mol. The van der Waals surface area contributed by atoms with Crippen LogP contribution in [0, 0.1) is 13.8 Å². The van der Waals surface area contributed by atoms with Gasteiger partial charge in [-0.2, -0.15) is 5.10 Å². The molecule has 1 N–H and O–H groups in total. The molecule has 0 bridgehead atoms. The second kappa shape index (κ2) is 10.0. The molecule has 3 aromatic rings. The quantitative estimate of drug-likeness (QED) is 0.379. The van der Waals surface area contributed by atoms with Gasteiger partial charge in [0.2, 0.25) is 0 Å². The smallest absolute Gasteiger partial charge is 0.305 e. The van der Waals surface area contributed by atoms with E-state index in [1.807, 2.05) is 10.7 Å². The summed E-state index contributed by atoms with van der Waals surface area (Å²) in [4.78, 5) is 31.5. The van der Waals surface area contributed by atoms with E-state index in [1.54, 1.807) is 17.5 Å². The molecular formula is C23H30N4O3S. The first-order valence-corrected chi connectivity index (χ1v) is 11.4. The van der Waals surface area contributed by atoms with Gasteiger partial charge in [-0.3, -0.25) is 9.59 Å². The summed E-state index contributed by atoms with van der Waals surface area (Å²) in [6, 6.07) is 4.12. The van der Waals surface area contributed by atoms with Gasteiger partial charge >= 0.3 is 5.97 Å². The molecule has 3 rings (SSSR count). The number of hydrogen-bond donors (Lipinski definition) is 1. The zero-order chi connectivity index (χ0) is 22.5. The highest BCUT2D eigenvalue weighted by Gasteiger charge is 2.19. The number of amides is 1. The van der Waals surface area contributed by atoms with Crippen molar-refractivity contribution in [2.24, 2.45) is 0 Å². The van der Waals surface area contributed by atoms with Gasteiger partial charge in [-0.05, 0) is 52.7 Å². The summed E-state index contributed by atoms with van der Waals surface area (Å²) >= 11 is 1.73. The number of thiophene rings is 1. The molecule has 166 valence electrons. The third-order valence-corrected chi connectivity index (χ3v) is 6.15. The number of nitrogens with one attached hydrogen (secondary N) is 1. The van der Waals surface area contributed by atoms with Gasteiger partial charge in [-0.25, -0.2) is 9.67 Å². The maximum atomic E-state index is 13.1. The highest BCUT2D eigenvalue weighted by molar-refractivity contribution is 7.12. The lowest BCUT2D eigenvalue weighted by molar-refractivity contribution is -0.140. The number of carbonyl (C=O) groups excluding carboxylic acids is 2. The number of methoxy groups -OCH3 is 1. The summed E-state index contributed by atoms with van der Waals surface area (Å²) in [6.07, 6.45) is 4.54. The average molecular weight is 443 g/mol. The molecule has 0 saturated heterocycles. The van der Waals surface area contributed by atoms with Crippen LogP contribution in [0.2, 0.25) is 0 Å². The lowest BCUT2D eigenvalue weighted by Crippen LogP contribution is -2.25. The number of unbranched alkanes of at least 4 members (excludes halogenated alkanes) is 2. The number of esters is 1. The summed E-state index contributed by atoms with van der Waals surface area (Å²) in [5.74, 6) is -0.327. The van der Waals surface area contributed by atoms with Crippen molar-refractivity contribution in [2.75, 3.05) is 13.7 Å². The fraction of sp³-hybridized carbons (Fsp3) is 0.478. The molecule has 0 radical (unpaired) electrons. The standard InChI is InChI=1S/C23H30N4O3S/c1-14(2)27-22-19(13-25-27)18(12-20(26-22)17-11-15(3)31-16(17)4)23(29)24-10-8-6-7-9-21(28)30-5/h11-14H,6-10H2,1-5H3,(H,24,29). The number of ether oxygens (including phenoxy) is 1. The van der Waals surface area contributed by atoms with Crippen LogP contribution in [0.4, 0.5) is 0 Å². The van der Waals surface area contributed by atoms with Crippen molar-refractivity contribution in [1.29, 1.82) is 0 Å². The largest absolute Gasteiger partial charge is 0.469 e. The maximum absolute atomic E-state index is 13.1. The number of hydrogen-bond acceptors (Lipinski definition) is 6. The van der Waals surface area contributed by atoms with E-state index in [1.165, 1.54) is 16.9 Å². The Morgan fingerprint density at radius 3 is 2.61 bits per heavy atom. The number of aromatic nitrogens is 3. The first kappa shape index (κ1) is 22.9. The van der Waals surface area contributed by atoms with Crippen molar-refractivity contribution in [2.45, 2.75) is 59.4 Å². The van der Waals surface area contributed by atoms with Crippen molar-refractivity contribution in [3.8, 4) is 11.3 Å². The molecule has 31 heavy (non-hydrogen) atoms. The maximum Gasteiger partial charge on any atom is 0.305 e. The van der Waals surface area contributed by atoms with E-state index in [0.717, 1.165) is 41.6 Å². The van der Waals surface area contributed by atoms with E-state index in [-0.39, 0.29) is 17.9 Å². The minimum absolute atomic E-state index is 0.130. The van der Waals surface area contributed by atoms with Crippen molar-refractivity contribution in [3.63, 3.8) is 0 Å². The van der Waals surface area contributed by atoms with Crippen LogP contribution in [0.25, 0.3) is 22.3 Å². The molecule has 1 amide bonds. The molecule has 0 saturated carbocycles. The highest BCUT2D eigenvalue weighted by Crippen LogP contribution is 2.32. The van der Waals surface area contributed by atoms with Gasteiger partial charge in [-0.1, -0.05) is 6.42 Å². The molecule has 0 unspecified atom stereocenters. The molecule has 8 heteroatoms. The Kier molecular flexibility index (Phi) is 7.43. The molecule has 7 nitrogen and oxygen atoms in total. The van der Waals surface area contributed by atoms with Crippen LogP contribution in [0.3, 0.4) is 0 Å². The highest BCUT2D eigenvalue weighted by atomic mass is 32.1. The van der Waals surface area contributed by atoms with Crippen LogP contribution in [0.15, 0.2) is 18.3 Å². The lowest BCUT2D eigenvalue weighted by atomic mass is 10.1. The van der Waals surface area contributed by atoms with Gasteiger partial charge in [-0.15, -0.1) is 11.3 Å². The number of fused-ring (bicyclic) bond motifs is 1. The fourth-order valence-corrected chi connectivity index (χ4v) is 4.51. The number of rotatable bonds is 9. The molecule has 0 aliphatic heterocycles. The molecular weight excluding hydrogens is 412 g/mol. The summed E-state index contributed by atoms with van der Waals surface area (Å²) in [6.45, 7) is 8.80. The van der Waals surface area contributed by atoms with Crippen LogP contribution in [0.5, 0.6) is 0 Å². The number of pyridine rings is 1. The van der Waals surface area contributed by atoms with E-state index in [2.05, 4.69) is 48.9 Å². The van der Waals surface area contributed by atoms with Gasteiger partial charge < -0.3 is 10.1 Å². The van der Waals surface area contributed by atoms with Crippen molar-refractivity contribution < 1.29 is 14.3 Å². The normalized spacial score (nSPS) is 11.3. The van der Waals surface area contributed by atoms with E-state index in [0.29, 0.717) is 18.5 Å². The Morgan fingerprint density at radius 1 is 1.19 bits per heavy atom. The van der Waals surface area contributed by atoms with Crippen LogP contribution in [-0.4, -0.2) is 40.3 Å². The van der Waals surface area contributed by atoms with E-state index >= 15 is 0 Å². The third-order valence-electron chi connectivity index (χ3n) is 5.19. The number of carbonyl (C=O) groups is 2. The van der Waals surface area contributed by atoms with Gasteiger partial charge in [0.05, 0.1) is 30.0 Å². The summed E-state index contributed by atoms with van der Waals surface area (Å²) in [5.41, 5.74) is 3.15. The Bertz CT molecular complexity index is 1080. The van der Waals surface area contributed by atoms with Crippen LogP contribution < -0.4 is 5.32 Å². The first-order valence-electron chi connectivity index (χ1n) is 10.6. The molecule has 3 aromatic heterocycles. The molecule has 3 heterocycles. The van der Waals surface area contributed by atoms with E-state index < -0.39 is 0 Å². The minimum atomic E-state index is -0.197. The Balaban J connectivity index is 1.82. The summed E-state index contributed by atoms with van der Waals surface area (Å²) in [5, 5.41) is 8.25. The molecule has 0 aromatic carbocycles. The van der Waals surface area contributed by atoms with Gasteiger partial charge in [0.1, 0.15) is 0 Å². The number of nitrogens with zero attached hydrogens (tertiary/aromatic N) is 3. The zero-order valence-electron chi connectivity index (χ0n) is 18.8. The van der Waals surface area contributed by atoms with Crippen molar-refractivity contribution in [3.05, 3.63) is 33.6 Å². The fourth-order valence-electron chi connectivity index (χ4n) is 3.58. The molecule has 0 aliphatic rings. The van der Waals surface area contributed by atoms with Crippen molar-refractivity contribution >= 4 is 34.2 Å². The zero-order valence-corrected chi connectivity index (χ0v) is 19.6. The predicted octanol–water partition coefficient (Wildman–Crippen LogP) is 4.82. The third kappa shape index (κ3) is 5.31. The summed E-state index contributed by atoms with van der Waals surface area (Å²) in [7, 11) is 1.40. The predicted molar refractivity (Wildman–Crippen MR) is 124 cm³/mol. The first-order chi connectivity index (χ1) is 14.8. The number of aryl methyl sites for hydroxylation is 2. The molecule has 0 fully saturated rings.